The van der Waals surface area contributed by atoms with Gasteiger partial charge in [-0.25, -0.2) is 0 Å². The van der Waals surface area contributed by atoms with Gasteiger partial charge in [0.2, 0.25) is 7.41 Å². The molecule has 0 heterocycles. The topological polar surface area (TPSA) is 3.24 Å². The lowest BCUT2D eigenvalue weighted by molar-refractivity contribution is 0.640. The van der Waals surface area contributed by atoms with Gasteiger partial charge < -0.3 is 4.81 Å². The molecule has 0 aromatic heterocycles. The average Bonchev–Trinajstić information content (AvgIpc) is 1.86. The van der Waals surface area contributed by atoms with E-state index < -0.39 is 0 Å². The SMILES string of the molecule is C=C/C=C\CC(C)[B]N(C)C. The van der Waals surface area contributed by atoms with Crippen LogP contribution in [0.1, 0.15) is 13.3 Å². The lowest BCUT2D eigenvalue weighted by Crippen LogP contribution is -2.20. The summed E-state index contributed by atoms with van der Waals surface area (Å²) in [5.41, 5.74) is 0. The van der Waals surface area contributed by atoms with Crippen molar-refractivity contribution in [3.63, 3.8) is 0 Å². The summed E-state index contributed by atoms with van der Waals surface area (Å²) in [5.74, 6) is 0.612. The Kier molecular flexibility index (Phi) is 5.95. The second kappa shape index (κ2) is 6.23. The maximum absolute atomic E-state index is 3.61. The fraction of sp³-hybridized carbons (Fsp3) is 0.556. The van der Waals surface area contributed by atoms with Crippen LogP contribution in [-0.2, 0) is 0 Å². The zero-order valence-electron chi connectivity index (χ0n) is 7.75. The quantitative estimate of drug-likeness (QED) is 0.428. The Bertz CT molecular complexity index is 130. The van der Waals surface area contributed by atoms with E-state index in [0.717, 1.165) is 6.42 Å². The van der Waals surface area contributed by atoms with Crippen LogP contribution in [0, 0.1) is 0 Å². The van der Waals surface area contributed by atoms with Crippen LogP contribution in [0.5, 0.6) is 0 Å². The molecule has 0 bridgehead atoms. The average molecular weight is 150 g/mol. The molecule has 0 rings (SSSR count). The van der Waals surface area contributed by atoms with Crippen LogP contribution >= 0.6 is 0 Å². The van der Waals surface area contributed by atoms with Gasteiger partial charge in [0, 0.05) is 0 Å². The third-order valence-corrected chi connectivity index (χ3v) is 1.33. The molecular weight excluding hydrogens is 133 g/mol. The Morgan fingerprint density at radius 1 is 1.55 bits per heavy atom. The molecule has 2 heteroatoms. The molecule has 0 aliphatic carbocycles. The highest BCUT2D eigenvalue weighted by molar-refractivity contribution is 6.33. The first kappa shape index (κ1) is 10.5. The Morgan fingerprint density at radius 2 is 2.18 bits per heavy atom. The number of hydrogen-bond acceptors (Lipinski definition) is 1. The molecule has 0 spiro atoms. The first-order valence-electron chi connectivity index (χ1n) is 3.95. The first-order chi connectivity index (χ1) is 5.16. The molecule has 1 unspecified atom stereocenters. The molecule has 0 aromatic carbocycles. The van der Waals surface area contributed by atoms with Crippen molar-refractivity contribution in [3.8, 4) is 0 Å². The molecule has 61 valence electrons. The molecule has 1 nitrogen and oxygen atoms in total. The summed E-state index contributed by atoms with van der Waals surface area (Å²) in [6.45, 7) is 5.81. The van der Waals surface area contributed by atoms with Crippen molar-refractivity contribution in [2.24, 2.45) is 0 Å². The third kappa shape index (κ3) is 7.40. The highest BCUT2D eigenvalue weighted by atomic mass is 15.0. The Balaban J connectivity index is 3.43. The standard InChI is InChI=1S/C9H17BN/c1-5-6-7-8-9(2)10-11(3)4/h5-7,9H,1,8H2,2-4H3/b7-6-. The van der Waals surface area contributed by atoms with Crippen LogP contribution in [0.4, 0.5) is 0 Å². The van der Waals surface area contributed by atoms with Crippen LogP contribution in [-0.4, -0.2) is 26.3 Å². The second-order valence-corrected chi connectivity index (χ2v) is 2.99. The molecule has 0 amide bonds. The second-order valence-electron chi connectivity index (χ2n) is 2.99. The van der Waals surface area contributed by atoms with Crippen molar-refractivity contribution >= 4 is 7.41 Å². The molecule has 0 aliphatic rings. The van der Waals surface area contributed by atoms with Crippen molar-refractivity contribution in [3.05, 3.63) is 24.8 Å². The Labute approximate surface area is 71.0 Å². The van der Waals surface area contributed by atoms with E-state index in [1.165, 1.54) is 0 Å². The summed E-state index contributed by atoms with van der Waals surface area (Å²) in [5, 5.41) is 0. The van der Waals surface area contributed by atoms with Crippen molar-refractivity contribution in [2.45, 2.75) is 19.2 Å². The minimum absolute atomic E-state index is 0.612. The smallest absolute Gasteiger partial charge is 0.211 e. The van der Waals surface area contributed by atoms with Crippen molar-refractivity contribution in [1.82, 2.24) is 4.81 Å². The van der Waals surface area contributed by atoms with E-state index in [4.69, 9.17) is 0 Å². The van der Waals surface area contributed by atoms with Crippen LogP contribution in [0.15, 0.2) is 24.8 Å². The molecule has 1 atom stereocenters. The summed E-state index contributed by atoms with van der Waals surface area (Å²) < 4.78 is 0. The van der Waals surface area contributed by atoms with E-state index in [9.17, 15) is 0 Å². The van der Waals surface area contributed by atoms with Crippen molar-refractivity contribution in [1.29, 1.82) is 0 Å². The summed E-state index contributed by atoms with van der Waals surface area (Å²) in [6.07, 6.45) is 7.02. The van der Waals surface area contributed by atoms with E-state index >= 15 is 0 Å². The van der Waals surface area contributed by atoms with Gasteiger partial charge >= 0.3 is 0 Å². The summed E-state index contributed by atoms with van der Waals surface area (Å²) >= 11 is 0. The van der Waals surface area contributed by atoms with Gasteiger partial charge in [0.05, 0.1) is 0 Å². The van der Waals surface area contributed by atoms with Gasteiger partial charge in [-0.05, 0) is 20.5 Å². The van der Waals surface area contributed by atoms with E-state index in [0.29, 0.717) is 5.82 Å². The number of nitrogens with zero attached hydrogens (tertiary/aromatic N) is 1. The van der Waals surface area contributed by atoms with Gasteiger partial charge in [-0.2, -0.15) is 0 Å². The van der Waals surface area contributed by atoms with Crippen LogP contribution in [0.25, 0.3) is 0 Å². The minimum Gasteiger partial charge on any atom is -0.352 e. The molecule has 0 N–H and O–H groups in total. The van der Waals surface area contributed by atoms with E-state index in [1.54, 1.807) is 0 Å². The Hall–Kier alpha value is -0.495. The van der Waals surface area contributed by atoms with Gasteiger partial charge in [0.25, 0.3) is 0 Å². The molecule has 0 fully saturated rings. The van der Waals surface area contributed by atoms with Gasteiger partial charge in [0.15, 0.2) is 0 Å². The van der Waals surface area contributed by atoms with Gasteiger partial charge in [0.1, 0.15) is 0 Å². The normalized spacial score (nSPS) is 13.8. The van der Waals surface area contributed by atoms with E-state index in [1.807, 2.05) is 26.2 Å². The maximum Gasteiger partial charge on any atom is 0.211 e. The number of allylic oxidation sites excluding steroid dienone is 3. The zero-order valence-corrected chi connectivity index (χ0v) is 7.75. The highest BCUT2D eigenvalue weighted by Gasteiger charge is 2.02. The number of hydrogen-bond donors (Lipinski definition) is 0. The molecule has 0 saturated carbocycles. The fourth-order valence-corrected chi connectivity index (χ4v) is 0.959. The van der Waals surface area contributed by atoms with Crippen molar-refractivity contribution < 1.29 is 0 Å². The van der Waals surface area contributed by atoms with Crippen molar-refractivity contribution in [2.75, 3.05) is 14.1 Å². The highest BCUT2D eigenvalue weighted by Crippen LogP contribution is 2.08. The van der Waals surface area contributed by atoms with Gasteiger partial charge in [-0.3, -0.25) is 0 Å². The van der Waals surface area contributed by atoms with Gasteiger partial charge in [-0.15, -0.1) is 0 Å². The van der Waals surface area contributed by atoms with Crippen LogP contribution in [0.2, 0.25) is 5.82 Å². The summed E-state index contributed by atoms with van der Waals surface area (Å²) in [7, 11) is 6.30. The maximum atomic E-state index is 3.61. The van der Waals surface area contributed by atoms with E-state index in [2.05, 4.69) is 31.8 Å². The van der Waals surface area contributed by atoms with Crippen LogP contribution in [0.3, 0.4) is 0 Å². The predicted molar refractivity (Wildman–Crippen MR) is 52.8 cm³/mol. The molecule has 0 aromatic rings. The van der Waals surface area contributed by atoms with Crippen LogP contribution < -0.4 is 0 Å². The lowest BCUT2D eigenvalue weighted by Gasteiger charge is -2.12. The van der Waals surface area contributed by atoms with E-state index in [-0.39, 0.29) is 0 Å². The molecule has 0 aliphatic heterocycles. The molecular formula is C9H17BN. The predicted octanol–water partition coefficient (Wildman–Crippen LogP) is 2.11. The zero-order chi connectivity index (χ0) is 8.69. The molecule has 1 radical (unpaired) electrons. The lowest BCUT2D eigenvalue weighted by atomic mass is 9.73. The fourth-order valence-electron chi connectivity index (χ4n) is 0.959. The third-order valence-electron chi connectivity index (χ3n) is 1.33. The summed E-state index contributed by atoms with van der Waals surface area (Å²) in [4.78, 5) is 2.09. The minimum atomic E-state index is 0.612. The molecule has 11 heavy (non-hydrogen) atoms. The summed E-state index contributed by atoms with van der Waals surface area (Å²) in [6, 6.07) is 0. The first-order valence-corrected chi connectivity index (χ1v) is 3.95. The largest absolute Gasteiger partial charge is 0.352 e. The molecule has 0 saturated heterocycles. The Morgan fingerprint density at radius 3 is 2.64 bits per heavy atom. The monoisotopic (exact) mass is 150 g/mol. The number of rotatable bonds is 5. The van der Waals surface area contributed by atoms with Gasteiger partial charge in [-0.1, -0.05) is 37.5 Å².